The van der Waals surface area contributed by atoms with E-state index in [1.54, 1.807) is 11.8 Å². The lowest BCUT2D eigenvalue weighted by Crippen LogP contribution is -2.55. The number of piperidine rings is 1. The first-order chi connectivity index (χ1) is 14.1. The fraction of sp³-hybridized carbons (Fsp3) is 0.636. The summed E-state index contributed by atoms with van der Waals surface area (Å²) in [4.78, 5) is 31.1. The van der Waals surface area contributed by atoms with Gasteiger partial charge < -0.3 is 15.1 Å². The summed E-state index contributed by atoms with van der Waals surface area (Å²) in [5, 5.41) is 3.02. The van der Waals surface area contributed by atoms with Crippen molar-refractivity contribution in [2.24, 2.45) is 5.92 Å². The van der Waals surface area contributed by atoms with Crippen LogP contribution in [-0.4, -0.2) is 58.3 Å². The van der Waals surface area contributed by atoms with Crippen LogP contribution in [0.1, 0.15) is 44.9 Å². The number of nitrogens with one attached hydrogen (secondary N) is 1. The number of amides is 3. The Morgan fingerprint density at radius 2 is 1.76 bits per heavy atom. The molecular formula is C22H31N3O2S2. The Morgan fingerprint density at radius 1 is 1.07 bits per heavy atom. The number of likely N-dealkylation sites (tertiary alicyclic amines) is 1. The summed E-state index contributed by atoms with van der Waals surface area (Å²) in [5.41, 5.74) is 0.831. The first kappa shape index (κ1) is 20.9. The van der Waals surface area contributed by atoms with E-state index in [1.807, 2.05) is 47.2 Å². The molecule has 1 N–H and O–H groups in total. The largest absolute Gasteiger partial charge is 0.327 e. The van der Waals surface area contributed by atoms with Gasteiger partial charge in [-0.15, -0.1) is 23.5 Å². The van der Waals surface area contributed by atoms with Crippen molar-refractivity contribution in [1.82, 2.24) is 9.80 Å². The fourth-order valence-corrected chi connectivity index (χ4v) is 6.71. The van der Waals surface area contributed by atoms with Gasteiger partial charge in [0.2, 0.25) is 5.91 Å². The molecule has 1 spiro atoms. The molecule has 3 fully saturated rings. The van der Waals surface area contributed by atoms with Gasteiger partial charge in [-0.25, -0.2) is 4.79 Å². The van der Waals surface area contributed by atoms with E-state index in [-0.39, 0.29) is 16.8 Å². The van der Waals surface area contributed by atoms with Crippen molar-refractivity contribution < 1.29 is 9.59 Å². The van der Waals surface area contributed by atoms with Gasteiger partial charge in [0.05, 0.1) is 4.87 Å². The molecule has 158 valence electrons. The van der Waals surface area contributed by atoms with Crippen LogP contribution in [0.3, 0.4) is 0 Å². The van der Waals surface area contributed by atoms with E-state index >= 15 is 0 Å². The van der Waals surface area contributed by atoms with Crippen LogP contribution in [0.15, 0.2) is 29.2 Å². The third-order valence-electron chi connectivity index (χ3n) is 6.57. The van der Waals surface area contributed by atoms with E-state index in [1.165, 1.54) is 24.2 Å². The van der Waals surface area contributed by atoms with Gasteiger partial charge in [-0.2, -0.15) is 0 Å². The van der Waals surface area contributed by atoms with Crippen molar-refractivity contribution in [3.8, 4) is 0 Å². The molecule has 0 atom stereocenters. The summed E-state index contributed by atoms with van der Waals surface area (Å²) in [5.74, 6) is 1.62. The molecule has 2 aliphatic heterocycles. The molecule has 2 saturated heterocycles. The minimum Gasteiger partial charge on any atom is -0.327 e. The molecule has 29 heavy (non-hydrogen) atoms. The van der Waals surface area contributed by atoms with Crippen molar-refractivity contribution >= 4 is 41.1 Å². The topological polar surface area (TPSA) is 52.7 Å². The lowest BCUT2D eigenvalue weighted by atomic mass is 9.87. The average molecular weight is 434 g/mol. The molecule has 1 aromatic rings. The molecule has 1 aromatic carbocycles. The second-order valence-corrected chi connectivity index (χ2v) is 10.6. The summed E-state index contributed by atoms with van der Waals surface area (Å²) < 4.78 is 0. The predicted molar refractivity (Wildman–Crippen MR) is 122 cm³/mol. The Balaban J connectivity index is 1.34. The van der Waals surface area contributed by atoms with E-state index in [9.17, 15) is 9.59 Å². The molecule has 4 rings (SSSR count). The average Bonchev–Trinajstić information content (AvgIpc) is 3.17. The van der Waals surface area contributed by atoms with E-state index in [0.29, 0.717) is 19.0 Å². The van der Waals surface area contributed by atoms with Crippen LogP contribution in [0.5, 0.6) is 0 Å². The highest BCUT2D eigenvalue weighted by molar-refractivity contribution is 8.00. The van der Waals surface area contributed by atoms with Crippen molar-refractivity contribution in [3.63, 3.8) is 0 Å². The molecule has 3 amide bonds. The summed E-state index contributed by atoms with van der Waals surface area (Å²) in [7, 11) is 0. The summed E-state index contributed by atoms with van der Waals surface area (Å²) >= 11 is 3.62. The van der Waals surface area contributed by atoms with E-state index < -0.39 is 0 Å². The normalized spacial score (nSPS) is 22.1. The second-order valence-electron chi connectivity index (χ2n) is 8.27. The maximum absolute atomic E-state index is 13.2. The van der Waals surface area contributed by atoms with Gasteiger partial charge in [-0.3, -0.25) is 4.79 Å². The van der Waals surface area contributed by atoms with E-state index in [4.69, 9.17) is 0 Å². The van der Waals surface area contributed by atoms with Crippen LogP contribution in [0.2, 0.25) is 0 Å². The number of thioether (sulfide) groups is 2. The van der Waals surface area contributed by atoms with E-state index in [2.05, 4.69) is 10.2 Å². The Bertz CT molecular complexity index is 726. The molecule has 1 saturated carbocycles. The maximum Gasteiger partial charge on any atom is 0.321 e. The molecule has 2 heterocycles. The van der Waals surface area contributed by atoms with Gasteiger partial charge >= 0.3 is 6.03 Å². The third kappa shape index (κ3) is 4.55. The number of rotatable bonds is 3. The molecule has 0 radical (unpaired) electrons. The van der Waals surface area contributed by atoms with Crippen molar-refractivity contribution in [2.45, 2.75) is 54.7 Å². The highest BCUT2D eigenvalue weighted by Crippen LogP contribution is 2.45. The Kier molecular flexibility index (Phi) is 6.64. The fourth-order valence-electron chi connectivity index (χ4n) is 4.84. The molecule has 0 aromatic heterocycles. The van der Waals surface area contributed by atoms with Crippen molar-refractivity contribution in [2.75, 3.05) is 37.0 Å². The van der Waals surface area contributed by atoms with Gasteiger partial charge in [0, 0.05) is 41.9 Å². The minimum absolute atomic E-state index is 0.0371. The highest BCUT2D eigenvalue weighted by atomic mass is 32.2. The first-order valence-corrected chi connectivity index (χ1v) is 13.0. The molecular weight excluding hydrogens is 402 g/mol. The number of benzene rings is 1. The Hall–Kier alpha value is -1.34. The molecule has 7 heteroatoms. The SMILES string of the molecule is CSc1ccc(NC(=O)N2CCC3(CC2)SCCN3C(=O)C2CCCCC2)cc1. The quantitative estimate of drug-likeness (QED) is 0.690. The minimum atomic E-state index is -0.0920. The lowest BCUT2D eigenvalue weighted by molar-refractivity contribution is -0.140. The van der Waals surface area contributed by atoms with Gasteiger partial charge in [0.1, 0.15) is 0 Å². The number of anilines is 1. The van der Waals surface area contributed by atoms with Crippen molar-refractivity contribution in [3.05, 3.63) is 24.3 Å². The number of carbonyl (C=O) groups excluding carboxylic acids is 2. The third-order valence-corrected chi connectivity index (χ3v) is 8.87. The summed E-state index contributed by atoms with van der Waals surface area (Å²) in [6, 6.07) is 7.91. The van der Waals surface area contributed by atoms with Crippen LogP contribution in [0.25, 0.3) is 0 Å². The second kappa shape index (κ2) is 9.21. The molecule has 3 aliphatic rings. The molecule has 1 aliphatic carbocycles. The van der Waals surface area contributed by atoms with Gasteiger partial charge in [0.25, 0.3) is 0 Å². The van der Waals surface area contributed by atoms with Gasteiger partial charge in [-0.1, -0.05) is 19.3 Å². The maximum atomic E-state index is 13.2. The summed E-state index contributed by atoms with van der Waals surface area (Å²) in [6.07, 6.45) is 9.55. The van der Waals surface area contributed by atoms with Crippen LogP contribution < -0.4 is 5.32 Å². The smallest absolute Gasteiger partial charge is 0.321 e. The first-order valence-electron chi connectivity index (χ1n) is 10.8. The monoisotopic (exact) mass is 433 g/mol. The van der Waals surface area contributed by atoms with Crippen LogP contribution in [-0.2, 0) is 4.79 Å². The van der Waals surface area contributed by atoms with Crippen LogP contribution in [0.4, 0.5) is 10.5 Å². The number of nitrogens with zero attached hydrogens (tertiary/aromatic N) is 2. The van der Waals surface area contributed by atoms with Gasteiger partial charge in [-0.05, 0) is 56.2 Å². The van der Waals surface area contributed by atoms with Crippen LogP contribution >= 0.6 is 23.5 Å². The lowest BCUT2D eigenvalue weighted by Gasteiger charge is -2.45. The number of urea groups is 1. The number of hydrogen-bond donors (Lipinski definition) is 1. The Morgan fingerprint density at radius 3 is 2.41 bits per heavy atom. The van der Waals surface area contributed by atoms with Gasteiger partial charge in [0.15, 0.2) is 0 Å². The van der Waals surface area contributed by atoms with Crippen molar-refractivity contribution in [1.29, 1.82) is 0 Å². The van der Waals surface area contributed by atoms with Crippen LogP contribution in [0, 0.1) is 5.92 Å². The zero-order chi connectivity index (χ0) is 20.3. The highest BCUT2D eigenvalue weighted by Gasteiger charge is 2.48. The zero-order valence-corrected chi connectivity index (χ0v) is 18.8. The number of hydrogen-bond acceptors (Lipinski definition) is 4. The summed E-state index contributed by atoms with van der Waals surface area (Å²) in [6.45, 7) is 2.28. The molecule has 0 bridgehead atoms. The van der Waals surface area contributed by atoms with E-state index in [0.717, 1.165) is 43.7 Å². The Labute approximate surface area is 182 Å². The molecule has 0 unspecified atom stereocenters. The zero-order valence-electron chi connectivity index (χ0n) is 17.2. The standard InChI is InChI=1S/C22H31N3O2S2/c1-28-19-9-7-18(8-10-19)23-21(27)24-13-11-22(12-14-24)25(15-16-29-22)20(26)17-5-3-2-4-6-17/h7-10,17H,2-6,11-16H2,1H3,(H,23,27). The predicted octanol–water partition coefficient (Wildman–Crippen LogP) is 4.89. The number of carbonyl (C=O) groups is 2. The molecule has 5 nitrogen and oxygen atoms in total.